The molecule has 0 saturated carbocycles. The van der Waals surface area contributed by atoms with Crippen molar-refractivity contribution in [3.63, 3.8) is 0 Å². The Morgan fingerprint density at radius 3 is 2.33 bits per heavy atom. The molecule has 8 heteroatoms. The number of benzene rings is 1. The van der Waals surface area contributed by atoms with Gasteiger partial charge in [-0.1, -0.05) is 37.3 Å². The second kappa shape index (κ2) is 10.4. The fraction of sp³-hybridized carbons (Fsp3) is 0.636. The predicted octanol–water partition coefficient (Wildman–Crippen LogP) is 1.88. The third-order valence-corrected chi connectivity index (χ3v) is 8.03. The number of amides is 2. The molecule has 2 aliphatic heterocycles. The van der Waals surface area contributed by atoms with Crippen molar-refractivity contribution < 1.29 is 18.0 Å². The summed E-state index contributed by atoms with van der Waals surface area (Å²) in [6.45, 7) is 4.25. The van der Waals surface area contributed by atoms with Gasteiger partial charge in [0.2, 0.25) is 21.8 Å². The molecule has 0 N–H and O–H groups in total. The van der Waals surface area contributed by atoms with E-state index in [2.05, 4.69) is 12.1 Å². The number of rotatable bonds is 8. The minimum absolute atomic E-state index is 0.0854. The van der Waals surface area contributed by atoms with Gasteiger partial charge in [0.1, 0.15) is 6.04 Å². The van der Waals surface area contributed by atoms with Crippen LogP contribution in [0.15, 0.2) is 30.3 Å². The van der Waals surface area contributed by atoms with Crippen molar-refractivity contribution in [2.75, 3.05) is 38.5 Å². The van der Waals surface area contributed by atoms with Crippen LogP contribution in [0.2, 0.25) is 0 Å². The van der Waals surface area contributed by atoms with E-state index in [1.165, 1.54) is 9.87 Å². The van der Waals surface area contributed by atoms with E-state index in [1.807, 2.05) is 30.0 Å². The van der Waals surface area contributed by atoms with Gasteiger partial charge in [0, 0.05) is 39.1 Å². The maximum Gasteiger partial charge on any atom is 0.241 e. The largest absolute Gasteiger partial charge is 0.339 e. The Hall–Kier alpha value is -1.93. The number of hydrogen-bond donors (Lipinski definition) is 0. The van der Waals surface area contributed by atoms with Crippen LogP contribution in [0.4, 0.5) is 0 Å². The molecule has 0 radical (unpaired) electrons. The first kappa shape index (κ1) is 22.7. The molecule has 1 aromatic rings. The molecule has 166 valence electrons. The van der Waals surface area contributed by atoms with Crippen LogP contribution in [-0.2, 0) is 26.0 Å². The van der Waals surface area contributed by atoms with Crippen molar-refractivity contribution in [2.24, 2.45) is 0 Å². The number of carbonyl (C=O) groups excluding carboxylic acids is 2. The number of aryl methyl sites for hydroxylation is 1. The van der Waals surface area contributed by atoms with Gasteiger partial charge < -0.3 is 9.80 Å². The third-order valence-electron chi connectivity index (χ3n) is 5.95. The lowest BCUT2D eigenvalue weighted by molar-refractivity contribution is -0.141. The molecule has 1 unspecified atom stereocenters. The highest BCUT2D eigenvalue weighted by molar-refractivity contribution is 7.89. The van der Waals surface area contributed by atoms with E-state index in [0.29, 0.717) is 52.0 Å². The molecule has 3 rings (SSSR count). The van der Waals surface area contributed by atoms with Crippen molar-refractivity contribution in [1.29, 1.82) is 0 Å². The lowest BCUT2D eigenvalue weighted by Crippen LogP contribution is -2.55. The average molecular weight is 436 g/mol. The first-order valence-corrected chi connectivity index (χ1v) is 12.6. The zero-order chi connectivity index (χ0) is 21.6. The molecule has 30 heavy (non-hydrogen) atoms. The summed E-state index contributed by atoms with van der Waals surface area (Å²) in [5.41, 5.74) is 1.24. The normalized spacial score (nSPS) is 20.5. The molecule has 1 aromatic carbocycles. The molecule has 1 atom stereocenters. The third kappa shape index (κ3) is 5.60. The second-order valence-corrected chi connectivity index (χ2v) is 10.2. The zero-order valence-corrected chi connectivity index (χ0v) is 18.6. The van der Waals surface area contributed by atoms with Crippen LogP contribution in [0, 0.1) is 0 Å². The van der Waals surface area contributed by atoms with Gasteiger partial charge in [0.25, 0.3) is 0 Å². The molecule has 0 aliphatic carbocycles. The van der Waals surface area contributed by atoms with Crippen molar-refractivity contribution in [2.45, 2.75) is 51.5 Å². The Kier molecular flexibility index (Phi) is 7.88. The Morgan fingerprint density at radius 1 is 1.00 bits per heavy atom. The van der Waals surface area contributed by atoms with Gasteiger partial charge in [-0.3, -0.25) is 9.59 Å². The van der Waals surface area contributed by atoms with Crippen LogP contribution in [0.3, 0.4) is 0 Å². The quantitative estimate of drug-likeness (QED) is 0.625. The highest BCUT2D eigenvalue weighted by Gasteiger charge is 2.40. The average Bonchev–Trinajstić information content (AvgIpc) is 3.25. The molecule has 7 nitrogen and oxygen atoms in total. The highest BCUT2D eigenvalue weighted by Crippen LogP contribution is 2.24. The number of piperazine rings is 1. The Morgan fingerprint density at radius 2 is 1.67 bits per heavy atom. The summed E-state index contributed by atoms with van der Waals surface area (Å²) in [5, 5.41) is 0. The fourth-order valence-electron chi connectivity index (χ4n) is 4.33. The smallest absolute Gasteiger partial charge is 0.241 e. The predicted molar refractivity (Wildman–Crippen MR) is 116 cm³/mol. The highest BCUT2D eigenvalue weighted by atomic mass is 32.2. The zero-order valence-electron chi connectivity index (χ0n) is 17.8. The van der Waals surface area contributed by atoms with Crippen LogP contribution >= 0.6 is 0 Å². The van der Waals surface area contributed by atoms with Crippen LogP contribution in [0.25, 0.3) is 0 Å². The Labute approximate surface area is 180 Å². The summed E-state index contributed by atoms with van der Waals surface area (Å²) in [7, 11) is -3.38. The molecule has 2 heterocycles. The second-order valence-electron chi connectivity index (χ2n) is 8.13. The molecule has 0 aromatic heterocycles. The lowest BCUT2D eigenvalue weighted by atomic mass is 10.1. The first-order chi connectivity index (χ1) is 14.4. The topological polar surface area (TPSA) is 78.0 Å². The van der Waals surface area contributed by atoms with Crippen LogP contribution in [-0.4, -0.2) is 78.9 Å². The van der Waals surface area contributed by atoms with Gasteiger partial charge in [0.15, 0.2) is 0 Å². The minimum atomic E-state index is -3.38. The standard InChI is InChI=1S/C22H33N3O4S/c1-2-18-30(28,29)25-13-7-11-20(25)22(27)24-16-14-23(15-17-24)21(26)12-6-10-19-8-4-3-5-9-19/h3-5,8-9,20H,2,6-7,10-18H2,1H3. The van der Waals surface area contributed by atoms with E-state index < -0.39 is 16.1 Å². The van der Waals surface area contributed by atoms with E-state index >= 15 is 0 Å². The van der Waals surface area contributed by atoms with Crippen molar-refractivity contribution in [3.8, 4) is 0 Å². The minimum Gasteiger partial charge on any atom is -0.339 e. The monoisotopic (exact) mass is 435 g/mol. The van der Waals surface area contributed by atoms with Gasteiger partial charge in [-0.2, -0.15) is 4.31 Å². The summed E-state index contributed by atoms with van der Waals surface area (Å²) in [6, 6.07) is 9.57. The van der Waals surface area contributed by atoms with Crippen LogP contribution < -0.4 is 0 Å². The van der Waals surface area contributed by atoms with Gasteiger partial charge in [-0.15, -0.1) is 0 Å². The van der Waals surface area contributed by atoms with Crippen LogP contribution in [0.5, 0.6) is 0 Å². The van der Waals surface area contributed by atoms with Gasteiger partial charge in [-0.25, -0.2) is 8.42 Å². The molecule has 2 saturated heterocycles. The number of nitrogens with zero attached hydrogens (tertiary/aromatic N) is 3. The van der Waals surface area contributed by atoms with E-state index in [0.717, 1.165) is 19.3 Å². The molecular weight excluding hydrogens is 402 g/mol. The Balaban J connectivity index is 1.46. The number of hydrogen-bond acceptors (Lipinski definition) is 4. The van der Waals surface area contributed by atoms with Crippen molar-refractivity contribution in [3.05, 3.63) is 35.9 Å². The summed E-state index contributed by atoms with van der Waals surface area (Å²) in [6.07, 6.45) is 4.06. The summed E-state index contributed by atoms with van der Waals surface area (Å²) in [5.74, 6) is 0.108. The van der Waals surface area contributed by atoms with Crippen LogP contribution in [0.1, 0.15) is 44.6 Å². The molecule has 2 aliphatic rings. The maximum atomic E-state index is 13.0. The SMILES string of the molecule is CCCS(=O)(=O)N1CCCC1C(=O)N1CCN(C(=O)CCCc2ccccc2)CC1. The first-order valence-electron chi connectivity index (χ1n) is 11.0. The van der Waals surface area contributed by atoms with Gasteiger partial charge in [-0.05, 0) is 37.7 Å². The van der Waals surface area contributed by atoms with E-state index in [1.54, 1.807) is 4.90 Å². The molecular formula is C22H33N3O4S. The lowest BCUT2D eigenvalue weighted by Gasteiger charge is -2.37. The number of sulfonamides is 1. The van der Waals surface area contributed by atoms with E-state index in [-0.39, 0.29) is 17.6 Å². The molecule has 2 amide bonds. The molecule has 0 spiro atoms. The molecule has 2 fully saturated rings. The molecule has 0 bridgehead atoms. The van der Waals surface area contributed by atoms with Crippen molar-refractivity contribution >= 4 is 21.8 Å². The Bertz CT molecular complexity index is 820. The van der Waals surface area contributed by atoms with Crippen molar-refractivity contribution in [1.82, 2.24) is 14.1 Å². The summed E-state index contributed by atoms with van der Waals surface area (Å²) >= 11 is 0. The fourth-order valence-corrected chi connectivity index (χ4v) is 6.07. The summed E-state index contributed by atoms with van der Waals surface area (Å²) in [4.78, 5) is 29.1. The van der Waals surface area contributed by atoms with Gasteiger partial charge in [0.05, 0.1) is 5.75 Å². The van der Waals surface area contributed by atoms with Gasteiger partial charge >= 0.3 is 0 Å². The summed E-state index contributed by atoms with van der Waals surface area (Å²) < 4.78 is 26.4. The van der Waals surface area contributed by atoms with E-state index in [9.17, 15) is 18.0 Å². The maximum absolute atomic E-state index is 13.0. The number of carbonyl (C=O) groups is 2. The van der Waals surface area contributed by atoms with E-state index in [4.69, 9.17) is 0 Å².